The molecule has 1 heterocycles. The summed E-state index contributed by atoms with van der Waals surface area (Å²) in [6.45, 7) is 0.529. The molecule has 8 heteroatoms. The molecule has 21 heavy (non-hydrogen) atoms. The Balaban J connectivity index is 2.12. The van der Waals surface area contributed by atoms with Gasteiger partial charge < -0.3 is 10.4 Å². The van der Waals surface area contributed by atoms with Gasteiger partial charge in [0.25, 0.3) is 0 Å². The van der Waals surface area contributed by atoms with Gasteiger partial charge in [-0.3, -0.25) is 4.68 Å². The number of halogens is 4. The van der Waals surface area contributed by atoms with E-state index in [1.54, 1.807) is 18.5 Å². The van der Waals surface area contributed by atoms with E-state index in [-0.39, 0.29) is 18.8 Å². The van der Waals surface area contributed by atoms with Crippen molar-refractivity contribution in [2.75, 3.05) is 11.9 Å². The Morgan fingerprint density at radius 1 is 1.33 bits per heavy atom. The molecule has 0 bridgehead atoms. The van der Waals surface area contributed by atoms with E-state index >= 15 is 0 Å². The van der Waals surface area contributed by atoms with E-state index < -0.39 is 11.7 Å². The summed E-state index contributed by atoms with van der Waals surface area (Å²) in [5.41, 5.74) is 0.0275. The summed E-state index contributed by atoms with van der Waals surface area (Å²) in [6.07, 6.45) is -1.20. The number of nitrogens with zero attached hydrogens (tertiary/aromatic N) is 2. The van der Waals surface area contributed by atoms with Crippen LogP contribution in [0.15, 0.2) is 35.1 Å². The van der Waals surface area contributed by atoms with Gasteiger partial charge in [-0.25, -0.2) is 0 Å². The van der Waals surface area contributed by atoms with Crippen molar-refractivity contribution in [1.82, 2.24) is 9.78 Å². The third kappa shape index (κ3) is 4.21. The Morgan fingerprint density at radius 2 is 2.10 bits per heavy atom. The van der Waals surface area contributed by atoms with Crippen LogP contribution in [0.3, 0.4) is 0 Å². The maximum Gasteiger partial charge on any atom is 0.418 e. The van der Waals surface area contributed by atoms with Crippen LogP contribution in [0.4, 0.5) is 18.9 Å². The topological polar surface area (TPSA) is 50.1 Å². The molecule has 0 aliphatic rings. The molecule has 0 fully saturated rings. The maximum atomic E-state index is 13.0. The predicted octanol–water partition coefficient (Wildman–Crippen LogP) is 3.27. The standard InChI is InChI=1S/C13H13BrF3N3O/c14-10-1-2-12(11(5-10)13(15,16)17)18-6-9-7-19-20(8-9)3-4-21/h1-2,5,7-8,18,21H,3-4,6H2. The molecule has 2 N–H and O–H groups in total. The second kappa shape index (κ2) is 6.48. The molecule has 0 amide bonds. The number of anilines is 1. The van der Waals surface area contributed by atoms with Crippen LogP contribution < -0.4 is 5.32 Å². The molecule has 2 rings (SSSR count). The lowest BCUT2D eigenvalue weighted by Crippen LogP contribution is -2.10. The van der Waals surface area contributed by atoms with Gasteiger partial charge >= 0.3 is 6.18 Å². The predicted molar refractivity (Wildman–Crippen MR) is 75.8 cm³/mol. The highest BCUT2D eigenvalue weighted by atomic mass is 79.9. The summed E-state index contributed by atoms with van der Waals surface area (Å²) in [5.74, 6) is 0. The molecule has 0 saturated heterocycles. The van der Waals surface area contributed by atoms with Gasteiger partial charge in [-0.2, -0.15) is 18.3 Å². The van der Waals surface area contributed by atoms with Gasteiger partial charge in [-0.15, -0.1) is 0 Å². The van der Waals surface area contributed by atoms with Gasteiger partial charge in [0.2, 0.25) is 0 Å². The minimum absolute atomic E-state index is 0.0145. The number of hydrogen-bond acceptors (Lipinski definition) is 3. The molecule has 0 spiro atoms. The quantitative estimate of drug-likeness (QED) is 0.856. The number of alkyl halides is 3. The van der Waals surface area contributed by atoms with E-state index in [0.717, 1.165) is 11.6 Å². The summed E-state index contributed by atoms with van der Waals surface area (Å²) in [5, 5.41) is 15.5. The van der Waals surface area contributed by atoms with Gasteiger partial charge in [0.05, 0.1) is 24.9 Å². The average Bonchev–Trinajstić information content (AvgIpc) is 2.84. The lowest BCUT2D eigenvalue weighted by Gasteiger charge is -2.14. The van der Waals surface area contributed by atoms with Gasteiger partial charge in [0.1, 0.15) is 0 Å². The average molecular weight is 364 g/mol. The second-order valence-electron chi connectivity index (χ2n) is 4.38. The molecular formula is C13H13BrF3N3O. The van der Waals surface area contributed by atoms with E-state index in [2.05, 4.69) is 26.3 Å². The van der Waals surface area contributed by atoms with Crippen LogP contribution in [0.1, 0.15) is 11.1 Å². The van der Waals surface area contributed by atoms with Crippen LogP contribution in [-0.4, -0.2) is 21.5 Å². The minimum atomic E-state index is -4.42. The first kappa shape index (κ1) is 15.8. The monoisotopic (exact) mass is 363 g/mol. The van der Waals surface area contributed by atoms with Gasteiger partial charge in [-0.05, 0) is 18.2 Å². The highest BCUT2D eigenvalue weighted by molar-refractivity contribution is 9.10. The fourth-order valence-corrected chi connectivity index (χ4v) is 2.19. The number of nitrogens with one attached hydrogen (secondary N) is 1. The Labute approximate surface area is 127 Å². The van der Waals surface area contributed by atoms with E-state index in [1.165, 1.54) is 10.7 Å². The number of aromatic nitrogens is 2. The molecule has 0 unspecified atom stereocenters. The molecule has 0 aliphatic heterocycles. The van der Waals surface area contributed by atoms with Crippen molar-refractivity contribution in [2.24, 2.45) is 0 Å². The van der Waals surface area contributed by atoms with Crippen molar-refractivity contribution in [2.45, 2.75) is 19.3 Å². The highest BCUT2D eigenvalue weighted by Gasteiger charge is 2.33. The number of aliphatic hydroxyl groups is 1. The largest absolute Gasteiger partial charge is 0.418 e. The van der Waals surface area contributed by atoms with Crippen molar-refractivity contribution in [1.29, 1.82) is 0 Å². The van der Waals surface area contributed by atoms with Crippen LogP contribution in [0.5, 0.6) is 0 Å². The number of rotatable bonds is 5. The maximum absolute atomic E-state index is 13.0. The zero-order chi connectivity index (χ0) is 15.5. The first-order chi connectivity index (χ1) is 9.90. The van der Waals surface area contributed by atoms with E-state index in [4.69, 9.17) is 5.11 Å². The molecule has 0 atom stereocenters. The van der Waals surface area contributed by atoms with Crippen molar-refractivity contribution >= 4 is 21.6 Å². The van der Waals surface area contributed by atoms with E-state index in [0.29, 0.717) is 11.0 Å². The molecule has 4 nitrogen and oxygen atoms in total. The lowest BCUT2D eigenvalue weighted by molar-refractivity contribution is -0.137. The Kier molecular flexibility index (Phi) is 4.89. The summed E-state index contributed by atoms with van der Waals surface area (Å²) in [7, 11) is 0. The smallest absolute Gasteiger partial charge is 0.394 e. The molecule has 0 radical (unpaired) electrons. The molecule has 2 aromatic rings. The molecule has 114 valence electrons. The van der Waals surface area contributed by atoms with Crippen molar-refractivity contribution in [3.8, 4) is 0 Å². The fraction of sp³-hybridized carbons (Fsp3) is 0.308. The van der Waals surface area contributed by atoms with E-state index in [9.17, 15) is 13.2 Å². The molecule has 0 saturated carbocycles. The zero-order valence-electron chi connectivity index (χ0n) is 10.9. The third-order valence-electron chi connectivity index (χ3n) is 2.79. The summed E-state index contributed by atoms with van der Waals surface area (Å²) >= 11 is 3.04. The normalized spacial score (nSPS) is 11.7. The first-order valence-electron chi connectivity index (χ1n) is 6.13. The van der Waals surface area contributed by atoms with Crippen LogP contribution >= 0.6 is 15.9 Å². The van der Waals surface area contributed by atoms with Gasteiger partial charge in [0, 0.05) is 28.5 Å². The minimum Gasteiger partial charge on any atom is -0.394 e. The Bertz CT molecular complexity index is 613. The third-order valence-corrected chi connectivity index (χ3v) is 3.28. The van der Waals surface area contributed by atoms with E-state index in [1.807, 2.05) is 0 Å². The summed E-state index contributed by atoms with van der Waals surface area (Å²) in [6, 6.07) is 3.97. The van der Waals surface area contributed by atoms with Crippen LogP contribution in [-0.2, 0) is 19.3 Å². The first-order valence-corrected chi connectivity index (χ1v) is 6.92. The van der Waals surface area contributed by atoms with Crippen molar-refractivity contribution in [3.05, 3.63) is 46.2 Å². The number of benzene rings is 1. The Hall–Kier alpha value is -1.54. The van der Waals surface area contributed by atoms with Crippen LogP contribution in [0.2, 0.25) is 0 Å². The zero-order valence-corrected chi connectivity index (χ0v) is 12.4. The number of aliphatic hydroxyl groups excluding tert-OH is 1. The lowest BCUT2D eigenvalue weighted by atomic mass is 10.1. The highest BCUT2D eigenvalue weighted by Crippen LogP contribution is 2.36. The van der Waals surface area contributed by atoms with Crippen LogP contribution in [0.25, 0.3) is 0 Å². The summed E-state index contributed by atoms with van der Waals surface area (Å²) in [4.78, 5) is 0. The molecule has 1 aromatic heterocycles. The molecule has 0 aliphatic carbocycles. The number of hydrogen-bond donors (Lipinski definition) is 2. The van der Waals surface area contributed by atoms with Crippen LogP contribution in [0, 0.1) is 0 Å². The molecular weight excluding hydrogens is 351 g/mol. The second-order valence-corrected chi connectivity index (χ2v) is 5.29. The Morgan fingerprint density at radius 3 is 2.76 bits per heavy atom. The van der Waals surface area contributed by atoms with Crippen molar-refractivity contribution < 1.29 is 18.3 Å². The molecule has 1 aromatic carbocycles. The van der Waals surface area contributed by atoms with Crippen molar-refractivity contribution in [3.63, 3.8) is 0 Å². The fourth-order valence-electron chi connectivity index (χ4n) is 1.82. The van der Waals surface area contributed by atoms with Gasteiger partial charge in [-0.1, -0.05) is 15.9 Å². The van der Waals surface area contributed by atoms with Gasteiger partial charge in [0.15, 0.2) is 0 Å². The summed E-state index contributed by atoms with van der Waals surface area (Å²) < 4.78 is 40.8. The SMILES string of the molecule is OCCn1cc(CNc2ccc(Br)cc2C(F)(F)F)cn1.